The van der Waals surface area contributed by atoms with Crippen molar-refractivity contribution in [1.29, 1.82) is 0 Å². The molecule has 4 nitrogen and oxygen atoms in total. The SMILES string of the molecule is O=C(NC(C(=O)O)c1cccs1)c1cc2c(s1)CCCC2. The normalized spacial score (nSPS) is 15.2. The van der Waals surface area contributed by atoms with Crippen LogP contribution in [0.2, 0.25) is 0 Å². The molecule has 0 aliphatic heterocycles. The van der Waals surface area contributed by atoms with Crippen LogP contribution in [0.5, 0.6) is 0 Å². The summed E-state index contributed by atoms with van der Waals surface area (Å²) in [6.07, 6.45) is 4.38. The highest BCUT2D eigenvalue weighted by Crippen LogP contribution is 2.30. The van der Waals surface area contributed by atoms with Gasteiger partial charge in [0, 0.05) is 9.75 Å². The largest absolute Gasteiger partial charge is 0.479 e. The third-order valence-corrected chi connectivity index (χ3v) is 5.74. The van der Waals surface area contributed by atoms with E-state index in [2.05, 4.69) is 5.32 Å². The first-order valence-corrected chi connectivity index (χ1v) is 8.53. The number of aryl methyl sites for hydroxylation is 2. The van der Waals surface area contributed by atoms with Gasteiger partial charge in [-0.1, -0.05) is 6.07 Å². The maximum absolute atomic E-state index is 12.3. The van der Waals surface area contributed by atoms with Gasteiger partial charge in [-0.2, -0.15) is 0 Å². The van der Waals surface area contributed by atoms with Gasteiger partial charge in [-0.25, -0.2) is 4.79 Å². The summed E-state index contributed by atoms with van der Waals surface area (Å²) in [7, 11) is 0. The van der Waals surface area contributed by atoms with Crippen LogP contribution in [0, 0.1) is 0 Å². The van der Waals surface area contributed by atoms with Crippen LogP contribution in [0.4, 0.5) is 0 Å². The average Bonchev–Trinajstić information content (AvgIpc) is 3.12. The summed E-state index contributed by atoms with van der Waals surface area (Å²) < 4.78 is 0. The summed E-state index contributed by atoms with van der Waals surface area (Å²) in [5, 5.41) is 13.7. The number of carboxylic acids is 1. The molecule has 2 aromatic rings. The Hall–Kier alpha value is -1.66. The molecule has 0 radical (unpaired) electrons. The van der Waals surface area contributed by atoms with Crippen molar-refractivity contribution in [2.45, 2.75) is 31.7 Å². The number of amides is 1. The standard InChI is InChI=1S/C15H15NO3S2/c17-14(12-8-9-4-1-2-5-10(9)21-12)16-13(15(18)19)11-6-3-7-20-11/h3,6-8,13H,1-2,4-5H2,(H,16,17)(H,18,19). The van der Waals surface area contributed by atoms with E-state index in [0.29, 0.717) is 9.75 Å². The zero-order chi connectivity index (χ0) is 14.8. The zero-order valence-electron chi connectivity index (χ0n) is 11.3. The van der Waals surface area contributed by atoms with Crippen LogP contribution < -0.4 is 5.32 Å². The summed E-state index contributed by atoms with van der Waals surface area (Å²) >= 11 is 2.82. The Morgan fingerprint density at radius 3 is 2.76 bits per heavy atom. The van der Waals surface area contributed by atoms with Crippen molar-refractivity contribution in [2.24, 2.45) is 0 Å². The highest BCUT2D eigenvalue weighted by Gasteiger charge is 2.25. The molecule has 0 saturated heterocycles. The van der Waals surface area contributed by atoms with Crippen LogP contribution >= 0.6 is 22.7 Å². The first kappa shape index (κ1) is 14.3. The van der Waals surface area contributed by atoms with Gasteiger partial charge in [0.05, 0.1) is 4.88 Å². The van der Waals surface area contributed by atoms with Crippen molar-refractivity contribution < 1.29 is 14.7 Å². The molecule has 1 amide bonds. The van der Waals surface area contributed by atoms with Crippen molar-refractivity contribution in [1.82, 2.24) is 5.32 Å². The predicted octanol–water partition coefficient (Wildman–Crippen LogP) is 3.24. The van der Waals surface area contributed by atoms with Crippen LogP contribution in [-0.4, -0.2) is 17.0 Å². The van der Waals surface area contributed by atoms with Crippen LogP contribution in [0.15, 0.2) is 23.6 Å². The Morgan fingerprint density at radius 2 is 2.10 bits per heavy atom. The molecule has 1 aliphatic carbocycles. The lowest BCUT2D eigenvalue weighted by atomic mass is 9.99. The fourth-order valence-corrected chi connectivity index (χ4v) is 4.44. The predicted molar refractivity (Wildman–Crippen MR) is 83.1 cm³/mol. The smallest absolute Gasteiger partial charge is 0.331 e. The lowest BCUT2D eigenvalue weighted by Gasteiger charge is -2.11. The van der Waals surface area contributed by atoms with E-state index >= 15 is 0 Å². The summed E-state index contributed by atoms with van der Waals surface area (Å²) in [6, 6.07) is 4.45. The van der Waals surface area contributed by atoms with Crippen molar-refractivity contribution in [3.05, 3.63) is 43.8 Å². The van der Waals surface area contributed by atoms with Gasteiger partial charge in [0.1, 0.15) is 0 Å². The highest BCUT2D eigenvalue weighted by atomic mass is 32.1. The third-order valence-electron chi connectivity index (χ3n) is 3.57. The maximum atomic E-state index is 12.3. The van der Waals surface area contributed by atoms with Gasteiger partial charge in [0.25, 0.3) is 5.91 Å². The second kappa shape index (κ2) is 5.99. The van der Waals surface area contributed by atoms with E-state index in [1.165, 1.54) is 39.5 Å². The number of thiophene rings is 2. The van der Waals surface area contributed by atoms with Crippen molar-refractivity contribution in [2.75, 3.05) is 0 Å². The van der Waals surface area contributed by atoms with Gasteiger partial charge in [-0.15, -0.1) is 22.7 Å². The van der Waals surface area contributed by atoms with E-state index in [1.807, 2.05) is 6.07 Å². The van der Waals surface area contributed by atoms with E-state index in [0.717, 1.165) is 19.3 Å². The molecule has 21 heavy (non-hydrogen) atoms. The fourth-order valence-electron chi connectivity index (χ4n) is 2.51. The molecule has 0 fully saturated rings. The molecule has 2 aromatic heterocycles. The molecule has 0 aromatic carbocycles. The molecule has 1 unspecified atom stereocenters. The van der Waals surface area contributed by atoms with Crippen LogP contribution in [0.1, 0.15) is 43.9 Å². The zero-order valence-corrected chi connectivity index (χ0v) is 12.9. The number of hydrogen-bond acceptors (Lipinski definition) is 4. The molecule has 0 saturated carbocycles. The van der Waals surface area contributed by atoms with E-state index in [1.54, 1.807) is 17.5 Å². The Morgan fingerprint density at radius 1 is 1.29 bits per heavy atom. The summed E-state index contributed by atoms with van der Waals surface area (Å²) in [5.41, 5.74) is 1.25. The van der Waals surface area contributed by atoms with Crippen molar-refractivity contribution >= 4 is 34.6 Å². The molecule has 1 atom stereocenters. The lowest BCUT2D eigenvalue weighted by molar-refractivity contribution is -0.139. The van der Waals surface area contributed by atoms with E-state index in [4.69, 9.17) is 0 Å². The number of fused-ring (bicyclic) bond motifs is 1. The van der Waals surface area contributed by atoms with Gasteiger partial charge >= 0.3 is 5.97 Å². The third kappa shape index (κ3) is 3.01. The first-order valence-electron chi connectivity index (χ1n) is 6.84. The van der Waals surface area contributed by atoms with Gasteiger partial charge < -0.3 is 10.4 Å². The monoisotopic (exact) mass is 321 g/mol. The molecule has 0 bridgehead atoms. The maximum Gasteiger partial charge on any atom is 0.331 e. The summed E-state index contributed by atoms with van der Waals surface area (Å²) in [6.45, 7) is 0. The summed E-state index contributed by atoms with van der Waals surface area (Å²) in [4.78, 5) is 26.2. The molecule has 3 rings (SSSR count). The minimum absolute atomic E-state index is 0.296. The number of nitrogens with one attached hydrogen (secondary N) is 1. The highest BCUT2D eigenvalue weighted by molar-refractivity contribution is 7.14. The molecule has 6 heteroatoms. The van der Waals surface area contributed by atoms with E-state index in [-0.39, 0.29) is 5.91 Å². The molecule has 2 heterocycles. The van der Waals surface area contributed by atoms with Gasteiger partial charge in [-0.3, -0.25) is 4.79 Å². The second-order valence-corrected chi connectivity index (χ2v) is 7.14. The molecule has 110 valence electrons. The molecule has 1 aliphatic rings. The quantitative estimate of drug-likeness (QED) is 0.908. The van der Waals surface area contributed by atoms with Gasteiger partial charge in [0.2, 0.25) is 0 Å². The van der Waals surface area contributed by atoms with Crippen LogP contribution in [0.25, 0.3) is 0 Å². The number of aliphatic carboxylic acids is 1. The molecular weight excluding hydrogens is 306 g/mol. The fraction of sp³-hybridized carbons (Fsp3) is 0.333. The molecular formula is C15H15NO3S2. The number of carboxylic acid groups (broad SMARTS) is 1. The minimum Gasteiger partial charge on any atom is -0.479 e. The van der Waals surface area contributed by atoms with E-state index in [9.17, 15) is 14.7 Å². The Bertz CT molecular complexity index is 637. The number of carbonyl (C=O) groups is 2. The van der Waals surface area contributed by atoms with Crippen molar-refractivity contribution in [3.63, 3.8) is 0 Å². The van der Waals surface area contributed by atoms with Gasteiger partial charge in [0.15, 0.2) is 6.04 Å². The van der Waals surface area contributed by atoms with Crippen molar-refractivity contribution in [3.8, 4) is 0 Å². The Labute approximate surface area is 130 Å². The lowest BCUT2D eigenvalue weighted by Crippen LogP contribution is -2.32. The topological polar surface area (TPSA) is 66.4 Å². The average molecular weight is 321 g/mol. The van der Waals surface area contributed by atoms with Gasteiger partial charge in [-0.05, 0) is 48.8 Å². The van der Waals surface area contributed by atoms with Crippen LogP contribution in [-0.2, 0) is 17.6 Å². The Kier molecular flexibility index (Phi) is 4.07. The number of rotatable bonds is 4. The number of hydrogen-bond donors (Lipinski definition) is 2. The second-order valence-electron chi connectivity index (χ2n) is 5.03. The number of carbonyl (C=O) groups excluding carboxylic acids is 1. The Balaban J connectivity index is 1.78. The molecule has 2 N–H and O–H groups in total. The van der Waals surface area contributed by atoms with Crippen LogP contribution in [0.3, 0.4) is 0 Å². The van der Waals surface area contributed by atoms with E-state index < -0.39 is 12.0 Å². The molecule has 0 spiro atoms. The summed E-state index contributed by atoms with van der Waals surface area (Å²) in [5.74, 6) is -1.33. The minimum atomic E-state index is -1.04. The first-order chi connectivity index (χ1) is 10.1.